The maximum Gasteiger partial charge on any atom is 0.235 e. The predicted molar refractivity (Wildman–Crippen MR) is 62.0 cm³/mol. The number of benzene rings is 1. The fourth-order valence-corrected chi connectivity index (χ4v) is 1.64. The van der Waals surface area contributed by atoms with Crippen molar-refractivity contribution >= 4 is 17.3 Å². The van der Waals surface area contributed by atoms with Gasteiger partial charge in [0.25, 0.3) is 0 Å². The highest BCUT2D eigenvalue weighted by molar-refractivity contribution is 5.76. The summed E-state index contributed by atoms with van der Waals surface area (Å²) in [6.07, 6.45) is 5.37. The molecule has 0 N–H and O–H groups in total. The molecule has 0 bridgehead atoms. The van der Waals surface area contributed by atoms with Crippen molar-refractivity contribution in [3.8, 4) is 5.95 Å². The molecule has 3 rings (SSSR count). The molecule has 0 aliphatic rings. The van der Waals surface area contributed by atoms with E-state index >= 15 is 0 Å². The quantitative estimate of drug-likeness (QED) is 0.621. The van der Waals surface area contributed by atoms with Crippen molar-refractivity contribution in [2.45, 2.75) is 0 Å². The van der Waals surface area contributed by atoms with Crippen LogP contribution in [-0.4, -0.2) is 25.8 Å². The first-order chi connectivity index (χ1) is 8.38. The highest BCUT2D eigenvalue weighted by atomic mass is 16.1. The number of rotatable bonds is 2. The van der Waals surface area contributed by atoms with Gasteiger partial charge in [-0.3, -0.25) is 9.36 Å². The van der Waals surface area contributed by atoms with Crippen molar-refractivity contribution in [2.24, 2.45) is 0 Å². The van der Waals surface area contributed by atoms with E-state index < -0.39 is 0 Å². The Kier molecular flexibility index (Phi) is 2.15. The van der Waals surface area contributed by atoms with Crippen LogP contribution in [0.3, 0.4) is 0 Å². The maximum atomic E-state index is 10.5. The third-order valence-corrected chi connectivity index (χ3v) is 2.46. The van der Waals surface area contributed by atoms with E-state index in [1.165, 1.54) is 12.4 Å². The first-order valence-corrected chi connectivity index (χ1v) is 5.08. The first kappa shape index (κ1) is 9.65. The molecule has 82 valence electrons. The van der Waals surface area contributed by atoms with E-state index in [-0.39, 0.29) is 0 Å². The molecule has 2 aromatic heterocycles. The van der Waals surface area contributed by atoms with Crippen LogP contribution in [0.4, 0.5) is 0 Å². The first-order valence-electron chi connectivity index (χ1n) is 5.08. The molecular weight excluding hydrogens is 216 g/mol. The summed E-state index contributed by atoms with van der Waals surface area (Å²) in [6.45, 7) is 0. The van der Waals surface area contributed by atoms with Gasteiger partial charge >= 0.3 is 0 Å². The van der Waals surface area contributed by atoms with Gasteiger partial charge < -0.3 is 0 Å². The minimum atomic E-state index is 0.457. The van der Waals surface area contributed by atoms with Gasteiger partial charge in [0.15, 0.2) is 6.29 Å². The number of carbonyl (C=O) groups excluding carboxylic acids is 1. The number of fused-ring (bicyclic) bond motifs is 1. The van der Waals surface area contributed by atoms with Crippen LogP contribution in [-0.2, 0) is 0 Å². The van der Waals surface area contributed by atoms with E-state index in [0.717, 1.165) is 17.3 Å². The molecule has 5 nitrogen and oxygen atoms in total. The second-order valence-electron chi connectivity index (χ2n) is 3.54. The van der Waals surface area contributed by atoms with Crippen molar-refractivity contribution in [2.75, 3.05) is 0 Å². The standard InChI is InChI=1S/C12H8N4O/c17-7-9-5-13-12(14-6-9)16-8-15-10-3-1-2-4-11(10)16/h1-8H. The van der Waals surface area contributed by atoms with Gasteiger partial charge in [0.1, 0.15) is 6.33 Å². The molecule has 17 heavy (non-hydrogen) atoms. The monoisotopic (exact) mass is 224 g/mol. The predicted octanol–water partition coefficient (Wildman–Crippen LogP) is 1.63. The molecule has 1 aromatic carbocycles. The number of hydrogen-bond acceptors (Lipinski definition) is 4. The van der Waals surface area contributed by atoms with Gasteiger partial charge in [-0.2, -0.15) is 0 Å². The van der Waals surface area contributed by atoms with Crippen molar-refractivity contribution in [3.05, 3.63) is 48.5 Å². The van der Waals surface area contributed by atoms with E-state index in [2.05, 4.69) is 15.0 Å². The number of para-hydroxylation sites is 2. The Hall–Kier alpha value is -2.56. The highest BCUT2D eigenvalue weighted by Crippen LogP contribution is 2.14. The Balaban J connectivity index is 2.16. The van der Waals surface area contributed by atoms with Crippen molar-refractivity contribution in [3.63, 3.8) is 0 Å². The fourth-order valence-electron chi connectivity index (χ4n) is 1.64. The van der Waals surface area contributed by atoms with Crippen molar-refractivity contribution in [1.82, 2.24) is 19.5 Å². The second kappa shape index (κ2) is 3.79. The van der Waals surface area contributed by atoms with Gasteiger partial charge in [-0.15, -0.1) is 0 Å². The van der Waals surface area contributed by atoms with E-state index in [0.29, 0.717) is 11.5 Å². The van der Waals surface area contributed by atoms with Crippen LogP contribution in [0.25, 0.3) is 17.0 Å². The average molecular weight is 224 g/mol. The van der Waals surface area contributed by atoms with E-state index in [1.807, 2.05) is 24.3 Å². The molecule has 0 unspecified atom stereocenters. The molecule has 0 aliphatic heterocycles. The van der Waals surface area contributed by atoms with Gasteiger partial charge in [0.05, 0.1) is 16.6 Å². The zero-order valence-electron chi connectivity index (χ0n) is 8.82. The Morgan fingerprint density at radius 3 is 2.59 bits per heavy atom. The van der Waals surface area contributed by atoms with Gasteiger partial charge in [-0.05, 0) is 12.1 Å². The lowest BCUT2D eigenvalue weighted by Gasteiger charge is -2.01. The number of hydrogen-bond donors (Lipinski definition) is 0. The van der Waals surface area contributed by atoms with Crippen molar-refractivity contribution < 1.29 is 4.79 Å². The number of aromatic nitrogens is 4. The van der Waals surface area contributed by atoms with Crippen LogP contribution in [0.1, 0.15) is 10.4 Å². The maximum absolute atomic E-state index is 10.5. The minimum absolute atomic E-state index is 0.457. The topological polar surface area (TPSA) is 60.7 Å². The van der Waals surface area contributed by atoms with Crippen LogP contribution in [0.5, 0.6) is 0 Å². The molecule has 5 heteroatoms. The second-order valence-corrected chi connectivity index (χ2v) is 3.54. The largest absolute Gasteiger partial charge is 0.298 e. The Bertz CT molecular complexity index is 672. The highest BCUT2D eigenvalue weighted by Gasteiger charge is 2.05. The fraction of sp³-hybridized carbons (Fsp3) is 0. The number of aldehydes is 1. The number of imidazole rings is 1. The van der Waals surface area contributed by atoms with E-state index in [9.17, 15) is 4.79 Å². The molecule has 3 aromatic rings. The molecule has 0 fully saturated rings. The normalized spacial score (nSPS) is 10.6. The van der Waals surface area contributed by atoms with Crippen LogP contribution in [0.2, 0.25) is 0 Å². The summed E-state index contributed by atoms with van der Waals surface area (Å²) in [7, 11) is 0. The Morgan fingerprint density at radius 1 is 1.06 bits per heavy atom. The third kappa shape index (κ3) is 1.57. The van der Waals surface area contributed by atoms with Crippen LogP contribution in [0, 0.1) is 0 Å². The number of nitrogens with zero attached hydrogens (tertiary/aromatic N) is 4. The van der Waals surface area contributed by atoms with Crippen molar-refractivity contribution in [1.29, 1.82) is 0 Å². The summed E-state index contributed by atoms with van der Waals surface area (Å²) in [5.74, 6) is 0.504. The Labute approximate surface area is 96.8 Å². The molecule has 0 saturated carbocycles. The number of carbonyl (C=O) groups is 1. The molecular formula is C12H8N4O. The van der Waals surface area contributed by atoms with Crippen LogP contribution in [0.15, 0.2) is 43.0 Å². The molecule has 0 amide bonds. The summed E-state index contributed by atoms with van der Waals surface area (Å²) < 4.78 is 1.78. The summed E-state index contributed by atoms with van der Waals surface area (Å²) in [5.41, 5.74) is 2.28. The minimum Gasteiger partial charge on any atom is -0.298 e. The Morgan fingerprint density at radius 2 is 1.82 bits per heavy atom. The molecule has 0 radical (unpaired) electrons. The van der Waals surface area contributed by atoms with Crippen LogP contribution < -0.4 is 0 Å². The molecule has 0 aliphatic carbocycles. The molecule has 0 atom stereocenters. The lowest BCUT2D eigenvalue weighted by molar-refractivity contribution is 0.112. The van der Waals surface area contributed by atoms with E-state index in [1.54, 1.807) is 10.9 Å². The average Bonchev–Trinajstić information content (AvgIpc) is 2.83. The van der Waals surface area contributed by atoms with Gasteiger partial charge in [0, 0.05) is 12.4 Å². The van der Waals surface area contributed by atoms with Crippen LogP contribution >= 0.6 is 0 Å². The zero-order chi connectivity index (χ0) is 11.7. The zero-order valence-corrected chi connectivity index (χ0v) is 8.82. The molecule has 0 saturated heterocycles. The summed E-state index contributed by atoms with van der Waals surface area (Å²) >= 11 is 0. The van der Waals surface area contributed by atoms with Gasteiger partial charge in [0.2, 0.25) is 5.95 Å². The summed E-state index contributed by atoms with van der Waals surface area (Å²) in [6, 6.07) is 7.72. The lowest BCUT2D eigenvalue weighted by atomic mass is 10.3. The molecule has 2 heterocycles. The summed E-state index contributed by atoms with van der Waals surface area (Å²) in [4.78, 5) is 23.0. The van der Waals surface area contributed by atoms with Gasteiger partial charge in [-0.25, -0.2) is 15.0 Å². The summed E-state index contributed by atoms with van der Waals surface area (Å²) in [5, 5.41) is 0. The smallest absolute Gasteiger partial charge is 0.235 e. The van der Waals surface area contributed by atoms with Gasteiger partial charge in [-0.1, -0.05) is 12.1 Å². The third-order valence-electron chi connectivity index (χ3n) is 2.46. The lowest BCUT2D eigenvalue weighted by Crippen LogP contribution is -1.99. The SMILES string of the molecule is O=Cc1cnc(-n2cnc3ccccc32)nc1. The molecule has 0 spiro atoms. The van der Waals surface area contributed by atoms with E-state index in [4.69, 9.17) is 0 Å².